The third-order valence-electron chi connectivity index (χ3n) is 2.48. The third-order valence-corrected chi connectivity index (χ3v) is 2.48. The number of hydrogen-bond donors (Lipinski definition) is 2. The zero-order valence-electron chi connectivity index (χ0n) is 8.93. The Kier molecular flexibility index (Phi) is 5.47. The van der Waals surface area contributed by atoms with Crippen LogP contribution in [0.15, 0.2) is 0 Å². The van der Waals surface area contributed by atoms with Crippen LogP contribution in [-0.2, 0) is 9.47 Å². The molecule has 1 fully saturated rings. The van der Waals surface area contributed by atoms with E-state index in [-0.39, 0.29) is 18.6 Å². The van der Waals surface area contributed by atoms with Gasteiger partial charge in [0.2, 0.25) is 0 Å². The molecular weight excluding hydrogens is 225 g/mol. The highest BCUT2D eigenvalue weighted by molar-refractivity contribution is 4.77. The maximum Gasteiger partial charge on any atom is 0.389 e. The van der Waals surface area contributed by atoms with E-state index >= 15 is 0 Å². The molecule has 0 spiro atoms. The molecule has 2 unspecified atom stereocenters. The quantitative estimate of drug-likeness (QED) is 0.557. The number of halogens is 3. The minimum atomic E-state index is -4.11. The zero-order valence-corrected chi connectivity index (χ0v) is 8.93. The number of nitrogens with two attached hydrogens (primary N) is 1. The van der Waals surface area contributed by atoms with E-state index in [4.69, 9.17) is 15.3 Å². The van der Waals surface area contributed by atoms with Crippen LogP contribution >= 0.6 is 0 Å². The molecule has 0 bridgehead atoms. The fourth-order valence-corrected chi connectivity index (χ4v) is 1.64. The lowest BCUT2D eigenvalue weighted by atomic mass is 10.0. The molecule has 3 N–H and O–H groups in total. The lowest BCUT2D eigenvalue weighted by molar-refractivity contribution is -0.137. The molecule has 0 aliphatic carbocycles. The highest BCUT2D eigenvalue weighted by Gasteiger charge is 2.29. The van der Waals surface area contributed by atoms with Gasteiger partial charge in [0.15, 0.2) is 0 Å². The Morgan fingerprint density at radius 3 is 2.62 bits per heavy atom. The van der Waals surface area contributed by atoms with E-state index in [1.54, 1.807) is 0 Å². The van der Waals surface area contributed by atoms with Crippen molar-refractivity contribution in [2.75, 3.05) is 19.8 Å². The van der Waals surface area contributed by atoms with Gasteiger partial charge in [0.1, 0.15) is 0 Å². The molecule has 1 aliphatic rings. The van der Waals surface area contributed by atoms with E-state index in [1.165, 1.54) is 0 Å². The molecule has 1 rings (SSSR count). The Morgan fingerprint density at radius 2 is 2.12 bits per heavy atom. The molecular formula is C9H17F3N2O2. The molecule has 0 radical (unpaired) electrons. The number of alkyl halides is 3. The molecule has 1 saturated heterocycles. The average molecular weight is 242 g/mol. The van der Waals surface area contributed by atoms with Crippen molar-refractivity contribution >= 4 is 0 Å². The van der Waals surface area contributed by atoms with Crippen LogP contribution < -0.4 is 11.3 Å². The monoisotopic (exact) mass is 242 g/mol. The van der Waals surface area contributed by atoms with Crippen molar-refractivity contribution in [2.24, 2.45) is 5.84 Å². The number of hydrogen-bond acceptors (Lipinski definition) is 4. The Morgan fingerprint density at radius 1 is 1.38 bits per heavy atom. The summed E-state index contributed by atoms with van der Waals surface area (Å²) in [6, 6.07) is -0.289. The van der Waals surface area contributed by atoms with Crippen LogP contribution in [0.25, 0.3) is 0 Å². The van der Waals surface area contributed by atoms with Crippen molar-refractivity contribution in [3.8, 4) is 0 Å². The first-order valence-electron chi connectivity index (χ1n) is 5.25. The molecule has 96 valence electrons. The van der Waals surface area contributed by atoms with Gasteiger partial charge in [-0.05, 0) is 12.8 Å². The largest absolute Gasteiger partial charge is 0.389 e. The molecule has 16 heavy (non-hydrogen) atoms. The van der Waals surface area contributed by atoms with E-state index in [0.29, 0.717) is 26.2 Å². The van der Waals surface area contributed by atoms with Crippen LogP contribution in [0, 0.1) is 0 Å². The molecule has 4 nitrogen and oxygen atoms in total. The number of nitrogens with one attached hydrogen (secondary N) is 1. The normalized spacial score (nSPS) is 24.4. The Hall–Kier alpha value is -0.370. The van der Waals surface area contributed by atoms with Crippen molar-refractivity contribution in [1.29, 1.82) is 0 Å². The summed E-state index contributed by atoms with van der Waals surface area (Å²) in [7, 11) is 0. The Balaban J connectivity index is 2.25. The lowest BCUT2D eigenvalue weighted by Crippen LogP contribution is -2.49. The zero-order chi connectivity index (χ0) is 12.0. The van der Waals surface area contributed by atoms with Crippen molar-refractivity contribution < 1.29 is 22.6 Å². The Labute approximate surface area is 92.2 Å². The maximum atomic E-state index is 11.9. The second-order valence-electron chi connectivity index (χ2n) is 3.76. The standard InChI is InChI=1S/C9H17F3N2O2/c10-9(11,12)3-1-2-7(14-13)8-6-15-4-5-16-8/h7-8,14H,1-6,13H2. The first-order chi connectivity index (χ1) is 7.53. The smallest absolute Gasteiger partial charge is 0.376 e. The summed E-state index contributed by atoms with van der Waals surface area (Å²) < 4.78 is 46.4. The molecule has 1 aliphatic heterocycles. The van der Waals surface area contributed by atoms with Gasteiger partial charge in [0.05, 0.1) is 25.9 Å². The lowest BCUT2D eigenvalue weighted by Gasteiger charge is -2.30. The fraction of sp³-hybridized carbons (Fsp3) is 1.00. The number of ether oxygens (including phenoxy) is 2. The highest BCUT2D eigenvalue weighted by atomic mass is 19.4. The predicted octanol–water partition coefficient (Wildman–Crippen LogP) is 0.966. The fourth-order valence-electron chi connectivity index (χ4n) is 1.64. The van der Waals surface area contributed by atoms with Crippen molar-refractivity contribution in [3.63, 3.8) is 0 Å². The molecule has 0 saturated carbocycles. The van der Waals surface area contributed by atoms with E-state index in [1.807, 2.05) is 0 Å². The molecule has 0 aromatic heterocycles. The van der Waals surface area contributed by atoms with E-state index in [9.17, 15) is 13.2 Å². The van der Waals surface area contributed by atoms with Crippen molar-refractivity contribution in [1.82, 2.24) is 5.43 Å². The number of rotatable bonds is 5. The number of hydrazine groups is 1. The van der Waals surface area contributed by atoms with Gasteiger partial charge in [0, 0.05) is 12.5 Å². The second-order valence-corrected chi connectivity index (χ2v) is 3.76. The van der Waals surface area contributed by atoms with Crippen molar-refractivity contribution in [3.05, 3.63) is 0 Å². The van der Waals surface area contributed by atoms with Gasteiger partial charge in [-0.2, -0.15) is 13.2 Å². The molecule has 1 heterocycles. The van der Waals surface area contributed by atoms with Gasteiger partial charge in [-0.25, -0.2) is 0 Å². The molecule has 0 amide bonds. The van der Waals surface area contributed by atoms with Gasteiger partial charge in [-0.3, -0.25) is 11.3 Å². The summed E-state index contributed by atoms with van der Waals surface area (Å²) in [5.74, 6) is 5.29. The van der Waals surface area contributed by atoms with E-state index in [0.717, 1.165) is 0 Å². The summed E-state index contributed by atoms with van der Waals surface area (Å²) in [6.07, 6.45) is -4.80. The summed E-state index contributed by atoms with van der Waals surface area (Å²) >= 11 is 0. The maximum absolute atomic E-state index is 11.9. The first-order valence-corrected chi connectivity index (χ1v) is 5.25. The summed E-state index contributed by atoms with van der Waals surface area (Å²) in [4.78, 5) is 0. The molecule has 7 heteroatoms. The van der Waals surface area contributed by atoms with Crippen LogP contribution in [0.5, 0.6) is 0 Å². The summed E-state index contributed by atoms with van der Waals surface area (Å²) in [5.41, 5.74) is 2.49. The van der Waals surface area contributed by atoms with Crippen LogP contribution in [-0.4, -0.2) is 38.1 Å². The molecule has 2 atom stereocenters. The topological polar surface area (TPSA) is 56.5 Å². The first kappa shape index (κ1) is 13.7. The minimum absolute atomic E-state index is 0.0399. The second kappa shape index (κ2) is 6.39. The van der Waals surface area contributed by atoms with Gasteiger partial charge in [-0.1, -0.05) is 0 Å². The van der Waals surface area contributed by atoms with Crippen LogP contribution in [0.4, 0.5) is 13.2 Å². The highest BCUT2D eigenvalue weighted by Crippen LogP contribution is 2.23. The molecule has 0 aromatic rings. The van der Waals surface area contributed by atoms with Gasteiger partial charge >= 0.3 is 6.18 Å². The summed E-state index contributed by atoms with van der Waals surface area (Å²) in [5, 5.41) is 0. The van der Waals surface area contributed by atoms with Gasteiger partial charge in [-0.15, -0.1) is 0 Å². The van der Waals surface area contributed by atoms with Gasteiger partial charge < -0.3 is 9.47 Å². The van der Waals surface area contributed by atoms with E-state index in [2.05, 4.69) is 5.43 Å². The van der Waals surface area contributed by atoms with Crippen LogP contribution in [0.1, 0.15) is 19.3 Å². The summed E-state index contributed by atoms with van der Waals surface area (Å²) in [6.45, 7) is 1.36. The third kappa shape index (κ3) is 5.11. The predicted molar refractivity (Wildman–Crippen MR) is 51.6 cm³/mol. The Bertz CT molecular complexity index is 196. The van der Waals surface area contributed by atoms with Gasteiger partial charge in [0.25, 0.3) is 0 Å². The van der Waals surface area contributed by atoms with Crippen LogP contribution in [0.3, 0.4) is 0 Å². The van der Waals surface area contributed by atoms with E-state index < -0.39 is 12.6 Å². The minimum Gasteiger partial charge on any atom is -0.376 e. The van der Waals surface area contributed by atoms with Crippen molar-refractivity contribution in [2.45, 2.75) is 37.6 Å². The van der Waals surface area contributed by atoms with Crippen LogP contribution in [0.2, 0.25) is 0 Å². The molecule has 0 aromatic carbocycles. The average Bonchev–Trinajstić information content (AvgIpc) is 2.24. The SMILES string of the molecule is NNC(CCCC(F)(F)F)C1COCCO1.